The molecule has 0 bridgehead atoms. The molecule has 1 aromatic heterocycles. The number of carbonyl (C=O) groups excluding carboxylic acids is 1. The first-order chi connectivity index (χ1) is 14.3. The quantitative estimate of drug-likeness (QED) is 0.616. The number of likely N-dealkylation sites (tertiary alicyclic amines) is 1. The second kappa shape index (κ2) is 8.58. The minimum Gasteiger partial charge on any atom is -0.339 e. The number of hydrogen-bond acceptors (Lipinski definition) is 4. The minimum atomic E-state index is -1.54. The summed E-state index contributed by atoms with van der Waals surface area (Å²) in [6.07, 6.45) is 3.66. The monoisotopic (exact) mass is 442 g/mol. The standard InChI is InChI=1S/C19H25B4ClF2N4O/c1-11-7-27-16(28-8-11)19(22,23)29-9-17(26)4-5-30(10-18(17,20)21)15(31)12-2-3-14(25)13(24)6-12/h2-3,6-8,29H,4-5,9-10,20-23H2,1H3. The van der Waals surface area contributed by atoms with Gasteiger partial charge in [-0.1, -0.05) is 11.6 Å². The number of piperidine rings is 1. The van der Waals surface area contributed by atoms with Gasteiger partial charge >= 0.3 is 0 Å². The van der Waals surface area contributed by atoms with Crippen LogP contribution in [0.5, 0.6) is 0 Å². The smallest absolute Gasteiger partial charge is 0.253 e. The van der Waals surface area contributed by atoms with Crippen molar-refractivity contribution >= 4 is 48.9 Å². The fourth-order valence-electron chi connectivity index (χ4n) is 3.82. The molecule has 1 saturated heterocycles. The van der Waals surface area contributed by atoms with E-state index >= 15 is 4.39 Å². The van der Waals surface area contributed by atoms with Gasteiger partial charge in [-0.25, -0.2) is 18.7 Å². The Hall–Kier alpha value is -1.86. The Morgan fingerprint density at radius 3 is 2.55 bits per heavy atom. The number of aryl methyl sites for hydroxylation is 1. The number of halogens is 3. The van der Waals surface area contributed by atoms with E-state index in [0.29, 0.717) is 11.4 Å². The van der Waals surface area contributed by atoms with Crippen LogP contribution in [0.25, 0.3) is 0 Å². The minimum absolute atomic E-state index is 0.105. The van der Waals surface area contributed by atoms with Crippen LogP contribution >= 0.6 is 11.6 Å². The first-order valence-electron chi connectivity index (χ1n) is 10.3. The zero-order valence-electron chi connectivity index (χ0n) is 18.6. The molecular weight excluding hydrogens is 417 g/mol. The molecular formula is C19H25B4ClF2N4O. The highest BCUT2D eigenvalue weighted by atomic mass is 35.5. The predicted octanol–water partition coefficient (Wildman–Crippen LogP) is -0.820. The van der Waals surface area contributed by atoms with Crippen molar-refractivity contribution in [1.82, 2.24) is 20.2 Å². The van der Waals surface area contributed by atoms with Crippen molar-refractivity contribution in [2.24, 2.45) is 0 Å². The number of hydrogen-bond donors (Lipinski definition) is 1. The van der Waals surface area contributed by atoms with Crippen LogP contribution in [0.3, 0.4) is 0 Å². The fourth-order valence-corrected chi connectivity index (χ4v) is 4.00. The first-order valence-corrected chi connectivity index (χ1v) is 10.7. The van der Waals surface area contributed by atoms with Gasteiger partial charge in [-0.15, -0.1) is 0 Å². The van der Waals surface area contributed by atoms with Gasteiger partial charge in [0.15, 0.2) is 0 Å². The van der Waals surface area contributed by atoms with Gasteiger partial charge in [-0.05, 0) is 42.3 Å². The number of amides is 1. The molecule has 1 aliphatic heterocycles. The Balaban J connectivity index is 1.70. The van der Waals surface area contributed by atoms with Crippen LogP contribution in [-0.4, -0.2) is 77.5 Å². The lowest BCUT2D eigenvalue weighted by Crippen LogP contribution is -2.61. The average molecular weight is 442 g/mol. The van der Waals surface area contributed by atoms with Crippen LogP contribution < -0.4 is 5.32 Å². The molecule has 160 valence electrons. The lowest BCUT2D eigenvalue weighted by molar-refractivity contribution is 0.0336. The zero-order chi connectivity index (χ0) is 23.0. The summed E-state index contributed by atoms with van der Waals surface area (Å²) in [6, 6.07) is 3.89. The van der Waals surface area contributed by atoms with Crippen molar-refractivity contribution in [2.75, 3.05) is 19.6 Å². The molecule has 2 heterocycles. The van der Waals surface area contributed by atoms with E-state index in [1.54, 1.807) is 17.3 Å². The Bertz CT molecular complexity index is 980. The Morgan fingerprint density at radius 1 is 1.32 bits per heavy atom. The third-order valence-corrected chi connectivity index (χ3v) is 6.47. The number of aromatic nitrogens is 2. The molecule has 5 nitrogen and oxygen atoms in total. The molecule has 1 aromatic carbocycles. The van der Waals surface area contributed by atoms with Crippen molar-refractivity contribution in [3.8, 4) is 0 Å². The second-order valence-corrected chi connectivity index (χ2v) is 9.92. The van der Waals surface area contributed by atoms with E-state index in [9.17, 15) is 9.18 Å². The number of alkyl halides is 1. The summed E-state index contributed by atoms with van der Waals surface area (Å²) >= 11 is 5.82. The van der Waals surface area contributed by atoms with Crippen molar-refractivity contribution in [2.45, 2.75) is 29.6 Å². The van der Waals surface area contributed by atoms with Gasteiger partial charge in [0.1, 0.15) is 48.7 Å². The fraction of sp³-hybridized carbons (Fsp3) is 0.421. The van der Waals surface area contributed by atoms with Gasteiger partial charge in [-0.3, -0.25) is 4.79 Å². The van der Waals surface area contributed by atoms with Crippen LogP contribution in [-0.2, 0) is 5.34 Å². The maximum Gasteiger partial charge on any atom is 0.253 e. The molecule has 0 spiro atoms. The topological polar surface area (TPSA) is 58.1 Å². The summed E-state index contributed by atoms with van der Waals surface area (Å²) in [4.78, 5) is 23.2. The molecule has 0 radical (unpaired) electrons. The third-order valence-electron chi connectivity index (χ3n) is 6.18. The lowest BCUT2D eigenvalue weighted by Gasteiger charge is -2.50. The van der Waals surface area contributed by atoms with Gasteiger partial charge in [0.25, 0.3) is 5.91 Å². The molecule has 0 aliphatic carbocycles. The highest BCUT2D eigenvalue weighted by Crippen LogP contribution is 2.43. The molecule has 1 aliphatic rings. The van der Waals surface area contributed by atoms with E-state index in [0.717, 1.165) is 5.56 Å². The van der Waals surface area contributed by atoms with Crippen LogP contribution in [0, 0.1) is 12.7 Å². The van der Waals surface area contributed by atoms with E-state index in [1.165, 1.54) is 18.2 Å². The number of nitrogens with one attached hydrogen (secondary N) is 1. The molecule has 1 amide bonds. The van der Waals surface area contributed by atoms with Crippen LogP contribution in [0.15, 0.2) is 30.6 Å². The molecule has 3 rings (SSSR count). The highest BCUT2D eigenvalue weighted by molar-refractivity contribution is 6.41. The number of benzene rings is 1. The molecule has 1 unspecified atom stereocenters. The summed E-state index contributed by atoms with van der Waals surface area (Å²) in [7, 11) is 7.48. The van der Waals surface area contributed by atoms with Crippen LogP contribution in [0.4, 0.5) is 8.78 Å². The molecule has 31 heavy (non-hydrogen) atoms. The van der Waals surface area contributed by atoms with Gasteiger partial charge in [0.05, 0.1) is 5.02 Å². The number of carbonyl (C=O) groups is 1. The molecule has 12 heteroatoms. The summed E-state index contributed by atoms with van der Waals surface area (Å²) in [6.45, 7) is 2.52. The largest absolute Gasteiger partial charge is 0.339 e. The molecule has 0 saturated carbocycles. The normalized spacial score (nSPS) is 21.1. The molecule has 2 aromatic rings. The maximum absolute atomic E-state index is 16.1. The number of rotatable bonds is 5. The maximum atomic E-state index is 16.1. The predicted molar refractivity (Wildman–Crippen MR) is 129 cm³/mol. The van der Waals surface area contributed by atoms with Crippen molar-refractivity contribution in [3.05, 3.63) is 58.4 Å². The molecule has 1 N–H and O–H groups in total. The average Bonchev–Trinajstić information content (AvgIpc) is 2.70. The van der Waals surface area contributed by atoms with Gasteiger partial charge in [0, 0.05) is 42.9 Å². The lowest BCUT2D eigenvalue weighted by atomic mass is 9.44. The van der Waals surface area contributed by atoms with Gasteiger partial charge in [0.2, 0.25) is 0 Å². The number of nitrogens with zero attached hydrogens (tertiary/aromatic N) is 3. The first kappa shape index (κ1) is 23.8. The third kappa shape index (κ3) is 4.98. The van der Waals surface area contributed by atoms with E-state index in [1.807, 2.05) is 38.3 Å². The van der Waals surface area contributed by atoms with Gasteiger partial charge < -0.3 is 10.2 Å². The van der Waals surface area contributed by atoms with E-state index in [2.05, 4.69) is 15.3 Å². The Labute approximate surface area is 190 Å². The van der Waals surface area contributed by atoms with Gasteiger partial charge in [-0.2, -0.15) is 0 Å². The van der Waals surface area contributed by atoms with E-state index in [4.69, 9.17) is 11.6 Å². The summed E-state index contributed by atoms with van der Waals surface area (Å²) in [5, 5.41) is 1.77. The zero-order valence-corrected chi connectivity index (χ0v) is 19.4. The SMILES string of the molecule is BC(B)(NCC1(F)CCN(C(=O)c2ccc(F)c(Cl)c2)CC1(B)B)c1ncc(C)cn1. The summed E-state index contributed by atoms with van der Waals surface area (Å²) in [5.74, 6) is -0.259. The second-order valence-electron chi connectivity index (χ2n) is 9.52. The molecule has 1 atom stereocenters. The Morgan fingerprint density at radius 2 is 1.97 bits per heavy atom. The van der Waals surface area contributed by atoms with Crippen molar-refractivity contribution < 1.29 is 13.6 Å². The van der Waals surface area contributed by atoms with Crippen molar-refractivity contribution in [1.29, 1.82) is 0 Å². The van der Waals surface area contributed by atoms with Crippen molar-refractivity contribution in [3.63, 3.8) is 0 Å². The summed E-state index contributed by atoms with van der Waals surface area (Å²) < 4.78 is 29.5. The van der Waals surface area contributed by atoms with E-state index in [-0.39, 0.29) is 37.0 Å². The Kier molecular flexibility index (Phi) is 6.59. The summed E-state index contributed by atoms with van der Waals surface area (Å²) in [5.41, 5.74) is -0.280. The molecule has 1 fully saturated rings. The van der Waals surface area contributed by atoms with Crippen LogP contribution in [0.1, 0.15) is 28.2 Å². The van der Waals surface area contributed by atoms with Crippen LogP contribution in [0.2, 0.25) is 10.2 Å². The van der Waals surface area contributed by atoms with E-state index < -0.39 is 22.0 Å². The highest BCUT2D eigenvalue weighted by Gasteiger charge is 2.50.